The van der Waals surface area contributed by atoms with Crippen molar-refractivity contribution >= 4 is 24.8 Å². The number of hydrogen-bond acceptors (Lipinski definition) is 6. The minimum absolute atomic E-state index is 0.120. The van der Waals surface area contributed by atoms with Gasteiger partial charge in [-0.2, -0.15) is 0 Å². The summed E-state index contributed by atoms with van der Waals surface area (Å²) in [7, 11) is -1.34. The van der Waals surface area contributed by atoms with Crippen molar-refractivity contribution in [1.82, 2.24) is 5.32 Å². The van der Waals surface area contributed by atoms with E-state index < -0.39 is 38.3 Å². The van der Waals surface area contributed by atoms with Gasteiger partial charge >= 0.3 is 6.09 Å². The number of ether oxygens (including phenoxy) is 3. The van der Waals surface area contributed by atoms with Crippen molar-refractivity contribution in [3.8, 4) is 5.75 Å². The van der Waals surface area contributed by atoms with E-state index in [1.165, 1.54) is 44.9 Å². The van der Waals surface area contributed by atoms with Gasteiger partial charge in [-0.15, -0.1) is 0 Å². The quantitative estimate of drug-likeness (QED) is 0.0743. The highest BCUT2D eigenvalue weighted by atomic mass is 28.4. The van der Waals surface area contributed by atoms with Crippen molar-refractivity contribution in [2.75, 3.05) is 13.7 Å². The predicted molar refractivity (Wildman–Crippen MR) is 221 cm³/mol. The molecule has 0 radical (unpaired) electrons. The van der Waals surface area contributed by atoms with Crippen molar-refractivity contribution in [1.29, 1.82) is 0 Å². The van der Waals surface area contributed by atoms with E-state index in [2.05, 4.69) is 81.5 Å². The van der Waals surface area contributed by atoms with Crippen molar-refractivity contribution in [2.24, 2.45) is 0 Å². The predicted octanol–water partition coefficient (Wildman–Crippen LogP) is 9.72. The van der Waals surface area contributed by atoms with E-state index in [0.29, 0.717) is 6.42 Å². The number of hydrogen-bond donors (Lipinski definition) is 2. The largest absolute Gasteiger partial charge is 0.497 e. The van der Waals surface area contributed by atoms with Gasteiger partial charge in [-0.25, -0.2) is 4.79 Å². The normalized spacial score (nSPS) is 14.0. The summed E-state index contributed by atoms with van der Waals surface area (Å²) < 4.78 is 25.1. The Labute approximate surface area is 322 Å². The summed E-state index contributed by atoms with van der Waals surface area (Å²) in [6.45, 7) is 14.8. The molecule has 0 saturated heterocycles. The molecule has 0 saturated carbocycles. The van der Waals surface area contributed by atoms with Crippen molar-refractivity contribution in [2.45, 2.75) is 155 Å². The molecule has 3 aromatic carbocycles. The van der Waals surface area contributed by atoms with Crippen molar-refractivity contribution in [3.63, 3.8) is 0 Å². The van der Waals surface area contributed by atoms with Crippen LogP contribution >= 0.6 is 0 Å². The van der Waals surface area contributed by atoms with Crippen LogP contribution in [0.3, 0.4) is 0 Å². The zero-order valence-corrected chi connectivity index (χ0v) is 35.0. The highest BCUT2D eigenvalue weighted by Crippen LogP contribution is 2.37. The van der Waals surface area contributed by atoms with Crippen LogP contribution in [0.4, 0.5) is 4.79 Å². The van der Waals surface area contributed by atoms with Crippen molar-refractivity contribution < 1.29 is 28.5 Å². The fourth-order valence-corrected chi connectivity index (χ4v) is 11.7. The second kappa shape index (κ2) is 22.3. The number of benzene rings is 3. The van der Waals surface area contributed by atoms with E-state index in [1.807, 2.05) is 57.2 Å². The van der Waals surface area contributed by atoms with Crippen LogP contribution in [-0.4, -0.2) is 57.1 Å². The lowest BCUT2D eigenvalue weighted by Gasteiger charge is -2.44. The molecule has 0 fully saturated rings. The summed E-state index contributed by atoms with van der Waals surface area (Å²) in [4.78, 5) is 13.5. The molecule has 0 aliphatic heterocycles. The molecular formula is C45H69NO6Si. The lowest BCUT2D eigenvalue weighted by molar-refractivity contribution is -0.0754. The molecule has 1 amide bonds. The monoisotopic (exact) mass is 747 g/mol. The van der Waals surface area contributed by atoms with E-state index in [-0.39, 0.29) is 18.3 Å². The zero-order chi connectivity index (χ0) is 38.7. The van der Waals surface area contributed by atoms with E-state index in [4.69, 9.17) is 18.6 Å². The maximum atomic E-state index is 13.5. The molecule has 8 heteroatoms. The van der Waals surface area contributed by atoms with Gasteiger partial charge in [0.25, 0.3) is 8.32 Å². The molecule has 0 aliphatic carbocycles. The molecule has 3 aromatic rings. The SMILES string of the molecule is CCCCCCCCCCCC[C@@H](O)[C@@H](OCc1ccc(OC)cc1)[C@H](CO[Si](c1ccccc1)(c1ccccc1)C(C)(C)C)NC(=O)OC(C)(C)C. The number of amides is 1. The Morgan fingerprint density at radius 3 is 1.72 bits per heavy atom. The Morgan fingerprint density at radius 2 is 1.25 bits per heavy atom. The van der Waals surface area contributed by atoms with Gasteiger partial charge in [0.1, 0.15) is 17.5 Å². The topological polar surface area (TPSA) is 86.3 Å². The third-order valence-corrected chi connectivity index (χ3v) is 14.8. The molecule has 3 atom stereocenters. The lowest BCUT2D eigenvalue weighted by Crippen LogP contribution is -2.68. The van der Waals surface area contributed by atoms with Gasteiger partial charge in [-0.05, 0) is 60.3 Å². The Hall–Kier alpha value is -3.17. The maximum Gasteiger partial charge on any atom is 0.408 e. The fraction of sp³-hybridized carbons (Fsp3) is 0.578. The molecule has 0 aromatic heterocycles. The van der Waals surface area contributed by atoms with Crippen LogP contribution in [0.25, 0.3) is 0 Å². The standard InChI is InChI=1S/C45H69NO6Si/c1-9-10-11-12-13-14-15-16-17-24-29-41(47)42(50-34-36-30-32-37(49-8)33-31-36)40(46-43(48)52-44(2,3)4)35-51-53(45(5,6)7,38-25-20-18-21-26-38)39-27-22-19-23-28-39/h18-23,25-28,30-33,40-42,47H,9-17,24,29,34-35H2,1-8H3,(H,46,48)/t40-,41+,42-/m0/s1. The zero-order valence-electron chi connectivity index (χ0n) is 34.0. The summed E-state index contributed by atoms with van der Waals surface area (Å²) in [5, 5.41) is 17.0. The smallest absolute Gasteiger partial charge is 0.408 e. The second-order valence-corrected chi connectivity index (χ2v) is 20.7. The first-order chi connectivity index (χ1) is 25.3. The molecule has 0 unspecified atom stereocenters. The lowest BCUT2D eigenvalue weighted by atomic mass is 9.99. The van der Waals surface area contributed by atoms with Gasteiger partial charge in [0, 0.05) is 0 Å². The number of unbranched alkanes of at least 4 members (excludes halogenated alkanes) is 9. The first-order valence-corrected chi connectivity index (χ1v) is 21.9. The number of aliphatic hydroxyl groups excluding tert-OH is 1. The number of alkyl carbamates (subject to hydrolysis) is 1. The van der Waals surface area contributed by atoms with Crippen LogP contribution in [0.1, 0.15) is 125 Å². The summed E-state index contributed by atoms with van der Waals surface area (Å²) in [5.41, 5.74) is 0.229. The molecule has 0 heterocycles. The first kappa shape index (κ1) is 44.2. The number of carbonyl (C=O) groups is 1. The number of aliphatic hydroxyl groups is 1. The second-order valence-electron chi connectivity index (χ2n) is 16.4. The molecule has 294 valence electrons. The van der Waals surface area contributed by atoms with Crippen molar-refractivity contribution in [3.05, 3.63) is 90.5 Å². The molecule has 0 spiro atoms. The molecular weight excluding hydrogens is 679 g/mol. The molecule has 7 nitrogen and oxygen atoms in total. The first-order valence-electron chi connectivity index (χ1n) is 20.0. The van der Waals surface area contributed by atoms with E-state index >= 15 is 0 Å². The Bertz CT molecular complexity index is 1380. The van der Waals surface area contributed by atoms with E-state index in [1.54, 1.807) is 7.11 Å². The Kier molecular flexibility index (Phi) is 18.6. The van der Waals surface area contributed by atoms with Crippen LogP contribution in [0.2, 0.25) is 5.04 Å². The van der Waals surface area contributed by atoms with Crippen LogP contribution in [0, 0.1) is 0 Å². The van der Waals surface area contributed by atoms with Crippen LogP contribution in [0.5, 0.6) is 5.75 Å². The third-order valence-electron chi connectivity index (χ3n) is 9.83. The molecule has 0 aliphatic rings. The Balaban J connectivity index is 1.93. The fourth-order valence-electron chi connectivity index (χ4n) is 7.07. The van der Waals surface area contributed by atoms with Gasteiger partial charge in [-0.3, -0.25) is 0 Å². The van der Waals surface area contributed by atoms with Crippen LogP contribution < -0.4 is 20.4 Å². The summed E-state index contributed by atoms with van der Waals surface area (Å²) in [5.74, 6) is 0.759. The summed E-state index contributed by atoms with van der Waals surface area (Å²) >= 11 is 0. The summed E-state index contributed by atoms with van der Waals surface area (Å²) in [6.07, 6.45) is 10.5. The molecule has 0 bridgehead atoms. The van der Waals surface area contributed by atoms with Gasteiger partial charge in [0.2, 0.25) is 0 Å². The molecule has 2 N–H and O–H groups in total. The van der Waals surface area contributed by atoms with Gasteiger partial charge < -0.3 is 29.1 Å². The Morgan fingerprint density at radius 1 is 0.736 bits per heavy atom. The minimum atomic E-state index is -2.99. The average molecular weight is 748 g/mol. The van der Waals surface area contributed by atoms with Gasteiger partial charge in [-0.1, -0.05) is 165 Å². The maximum absolute atomic E-state index is 13.5. The van der Waals surface area contributed by atoms with E-state index in [0.717, 1.165) is 40.9 Å². The van der Waals surface area contributed by atoms with Gasteiger partial charge in [0.05, 0.1) is 32.5 Å². The van der Waals surface area contributed by atoms with Crippen LogP contribution in [-0.2, 0) is 20.5 Å². The number of rotatable bonds is 23. The van der Waals surface area contributed by atoms with Gasteiger partial charge in [0.15, 0.2) is 0 Å². The highest BCUT2D eigenvalue weighted by molar-refractivity contribution is 6.99. The highest BCUT2D eigenvalue weighted by Gasteiger charge is 2.51. The number of methoxy groups -OCH3 is 1. The number of carbonyl (C=O) groups excluding carboxylic acids is 1. The van der Waals surface area contributed by atoms with Crippen LogP contribution in [0.15, 0.2) is 84.9 Å². The van der Waals surface area contributed by atoms with E-state index in [9.17, 15) is 9.90 Å². The molecule has 53 heavy (non-hydrogen) atoms. The summed E-state index contributed by atoms with van der Waals surface area (Å²) in [6, 6.07) is 27.9. The number of nitrogens with one attached hydrogen (secondary N) is 1. The minimum Gasteiger partial charge on any atom is -0.497 e. The molecule has 3 rings (SSSR count). The third kappa shape index (κ3) is 14.5. The average Bonchev–Trinajstić information content (AvgIpc) is 3.12.